The van der Waals surface area contributed by atoms with E-state index in [1.165, 1.54) is 0 Å². The highest BCUT2D eigenvalue weighted by atomic mass is 16.1. The molecule has 2 aliphatic rings. The molecule has 0 aromatic rings. The van der Waals surface area contributed by atoms with E-state index in [1.54, 1.807) is 0 Å². The number of hydrogen-bond donors (Lipinski definition) is 2. The monoisotopic (exact) mass is 251 g/mol. The number of nitriles is 1. The van der Waals surface area contributed by atoms with Crippen LogP contribution in [0.4, 0.5) is 0 Å². The van der Waals surface area contributed by atoms with Gasteiger partial charge in [-0.15, -0.1) is 0 Å². The van der Waals surface area contributed by atoms with Gasteiger partial charge in [0.25, 0.3) is 0 Å². The molecule has 2 fully saturated rings. The van der Waals surface area contributed by atoms with Crippen LogP contribution in [0.2, 0.25) is 0 Å². The van der Waals surface area contributed by atoms with Crippen molar-refractivity contribution in [3.63, 3.8) is 0 Å². The van der Waals surface area contributed by atoms with Crippen molar-refractivity contribution in [3.05, 3.63) is 0 Å². The quantitative estimate of drug-likeness (QED) is 0.658. The van der Waals surface area contributed by atoms with Gasteiger partial charge >= 0.3 is 0 Å². The van der Waals surface area contributed by atoms with Crippen LogP contribution >= 0.6 is 0 Å². The second-order valence-corrected chi connectivity index (χ2v) is 5.50. The summed E-state index contributed by atoms with van der Waals surface area (Å²) in [6.07, 6.45) is 2.49. The highest BCUT2D eigenvalue weighted by Crippen LogP contribution is 2.32. The van der Waals surface area contributed by atoms with Crippen molar-refractivity contribution in [1.29, 1.82) is 5.26 Å². The molecule has 2 saturated heterocycles. The Hall–Kier alpha value is -1.16. The lowest BCUT2D eigenvalue weighted by Gasteiger charge is -2.56. The van der Waals surface area contributed by atoms with Crippen LogP contribution in [0.1, 0.15) is 19.3 Å². The fourth-order valence-corrected chi connectivity index (χ4v) is 3.06. The van der Waals surface area contributed by atoms with Crippen molar-refractivity contribution < 1.29 is 4.79 Å². The summed E-state index contributed by atoms with van der Waals surface area (Å²) in [7, 11) is 0. The van der Waals surface area contributed by atoms with E-state index in [-0.39, 0.29) is 11.4 Å². The summed E-state index contributed by atoms with van der Waals surface area (Å²) in [6.45, 7) is 3.72. The van der Waals surface area contributed by atoms with Crippen molar-refractivity contribution in [2.24, 2.45) is 11.5 Å². The third kappa shape index (κ3) is 2.64. The predicted molar refractivity (Wildman–Crippen MR) is 67.4 cm³/mol. The number of nitrogens with zero attached hydrogens (tertiary/aromatic N) is 3. The third-order valence-corrected chi connectivity index (χ3v) is 4.03. The molecule has 0 aliphatic carbocycles. The van der Waals surface area contributed by atoms with Gasteiger partial charge in [-0.05, 0) is 12.8 Å². The predicted octanol–water partition coefficient (Wildman–Crippen LogP) is -1.14. The second-order valence-electron chi connectivity index (χ2n) is 5.50. The fraction of sp³-hybridized carbons (Fsp3) is 0.833. The molecule has 18 heavy (non-hydrogen) atoms. The van der Waals surface area contributed by atoms with E-state index in [0.29, 0.717) is 19.0 Å². The van der Waals surface area contributed by atoms with Gasteiger partial charge in [0.15, 0.2) is 0 Å². The number of likely N-dealkylation sites (tertiary alicyclic amines) is 2. The van der Waals surface area contributed by atoms with Crippen molar-refractivity contribution in [2.45, 2.75) is 30.8 Å². The number of piperidine rings is 1. The molecule has 0 saturated carbocycles. The van der Waals surface area contributed by atoms with E-state index in [9.17, 15) is 4.79 Å². The first kappa shape index (κ1) is 13.3. The average molecular weight is 251 g/mol. The van der Waals surface area contributed by atoms with Crippen LogP contribution in [0.25, 0.3) is 0 Å². The summed E-state index contributed by atoms with van der Waals surface area (Å²) in [4.78, 5) is 15.3. The van der Waals surface area contributed by atoms with E-state index >= 15 is 0 Å². The zero-order chi connectivity index (χ0) is 13.2. The van der Waals surface area contributed by atoms with Gasteiger partial charge in [0.1, 0.15) is 0 Å². The van der Waals surface area contributed by atoms with Gasteiger partial charge in [0, 0.05) is 32.2 Å². The fourth-order valence-electron chi connectivity index (χ4n) is 3.06. The lowest BCUT2D eigenvalue weighted by molar-refractivity contribution is -0.124. The Morgan fingerprint density at radius 3 is 2.50 bits per heavy atom. The van der Waals surface area contributed by atoms with Crippen LogP contribution < -0.4 is 11.5 Å². The number of nitrogens with two attached hydrogens (primary N) is 2. The van der Waals surface area contributed by atoms with Gasteiger partial charge in [-0.1, -0.05) is 0 Å². The summed E-state index contributed by atoms with van der Waals surface area (Å²) in [6, 6.07) is 2.57. The van der Waals surface area contributed by atoms with Crippen molar-refractivity contribution in [2.75, 3.05) is 32.7 Å². The maximum Gasteiger partial charge on any atom is 0.231 e. The Balaban J connectivity index is 1.94. The number of primary amides is 1. The molecule has 0 atom stereocenters. The normalized spacial score (nSPS) is 25.3. The summed E-state index contributed by atoms with van der Waals surface area (Å²) >= 11 is 0. The molecule has 100 valence electrons. The number of carbonyl (C=O) groups excluding carboxylic acids is 1. The number of amides is 1. The van der Waals surface area contributed by atoms with Gasteiger partial charge in [-0.3, -0.25) is 14.6 Å². The highest BCUT2D eigenvalue weighted by Gasteiger charge is 2.48. The van der Waals surface area contributed by atoms with Crippen LogP contribution in [0.5, 0.6) is 0 Å². The molecule has 1 amide bonds. The van der Waals surface area contributed by atoms with Crippen molar-refractivity contribution >= 4 is 5.91 Å². The van der Waals surface area contributed by atoms with Gasteiger partial charge in [0.05, 0.1) is 24.6 Å². The number of carbonyl (C=O) groups is 1. The van der Waals surface area contributed by atoms with Gasteiger partial charge < -0.3 is 11.5 Å². The van der Waals surface area contributed by atoms with Crippen LogP contribution in [-0.2, 0) is 4.79 Å². The molecular weight excluding hydrogens is 230 g/mol. The maximum atomic E-state index is 10.9. The third-order valence-electron chi connectivity index (χ3n) is 4.03. The second kappa shape index (κ2) is 5.22. The van der Waals surface area contributed by atoms with E-state index < -0.39 is 0 Å². The zero-order valence-electron chi connectivity index (χ0n) is 10.6. The molecule has 0 aromatic heterocycles. The van der Waals surface area contributed by atoms with Crippen LogP contribution in [0, 0.1) is 11.3 Å². The minimum absolute atomic E-state index is 0.0790. The van der Waals surface area contributed by atoms with Crippen LogP contribution in [0.15, 0.2) is 0 Å². The molecule has 6 nitrogen and oxygen atoms in total. The van der Waals surface area contributed by atoms with E-state index in [0.717, 1.165) is 39.0 Å². The molecule has 2 rings (SSSR count). The summed E-state index contributed by atoms with van der Waals surface area (Å²) < 4.78 is 0. The Bertz CT molecular complexity index is 350. The summed E-state index contributed by atoms with van der Waals surface area (Å²) in [5, 5.41) is 9.01. The van der Waals surface area contributed by atoms with Crippen molar-refractivity contribution in [3.8, 4) is 6.07 Å². The zero-order valence-corrected chi connectivity index (χ0v) is 10.6. The molecule has 4 N–H and O–H groups in total. The number of rotatable bonds is 4. The molecular formula is C12H21N5O. The molecule has 0 unspecified atom stereocenters. The van der Waals surface area contributed by atoms with E-state index in [4.69, 9.17) is 16.7 Å². The van der Waals surface area contributed by atoms with Crippen molar-refractivity contribution in [1.82, 2.24) is 9.80 Å². The van der Waals surface area contributed by atoms with Gasteiger partial charge in [-0.25, -0.2) is 0 Å². The largest absolute Gasteiger partial charge is 0.369 e. The van der Waals surface area contributed by atoms with Gasteiger partial charge in [-0.2, -0.15) is 5.26 Å². The minimum Gasteiger partial charge on any atom is -0.369 e. The maximum absolute atomic E-state index is 10.9. The smallest absolute Gasteiger partial charge is 0.231 e. The molecule has 0 bridgehead atoms. The number of hydrogen-bond acceptors (Lipinski definition) is 5. The minimum atomic E-state index is -0.304. The first-order valence-corrected chi connectivity index (χ1v) is 6.44. The Labute approximate surface area is 107 Å². The van der Waals surface area contributed by atoms with Crippen LogP contribution in [0.3, 0.4) is 0 Å². The lowest BCUT2D eigenvalue weighted by Crippen LogP contribution is -2.72. The molecule has 2 heterocycles. The average Bonchev–Trinajstić information content (AvgIpc) is 2.26. The first-order chi connectivity index (χ1) is 8.55. The first-order valence-electron chi connectivity index (χ1n) is 6.44. The van der Waals surface area contributed by atoms with Gasteiger partial charge in [0.2, 0.25) is 5.91 Å². The molecule has 2 aliphatic heterocycles. The lowest BCUT2D eigenvalue weighted by atomic mass is 9.83. The molecule has 0 radical (unpaired) electrons. The summed E-state index contributed by atoms with van der Waals surface area (Å²) in [5.74, 6) is -0.304. The molecule has 0 aromatic carbocycles. The Kier molecular flexibility index (Phi) is 3.85. The Morgan fingerprint density at radius 1 is 1.39 bits per heavy atom. The molecule has 6 heteroatoms. The SMILES string of the molecule is N#CCC1(N2CCC(N)CC2)CN(CC(N)=O)C1. The standard InChI is InChI=1S/C12H21N5O/c13-4-3-12(8-16(9-12)7-11(15)18)17-5-1-10(14)2-6-17/h10H,1-3,5-9,14H2,(H2,15,18). The highest BCUT2D eigenvalue weighted by molar-refractivity contribution is 5.76. The van der Waals surface area contributed by atoms with E-state index in [2.05, 4.69) is 11.0 Å². The van der Waals surface area contributed by atoms with E-state index in [1.807, 2.05) is 4.90 Å². The summed E-state index contributed by atoms with van der Waals surface area (Å²) in [5.41, 5.74) is 11.0. The Morgan fingerprint density at radius 2 is 2.00 bits per heavy atom. The van der Waals surface area contributed by atoms with Crippen LogP contribution in [-0.4, -0.2) is 60.0 Å². The topological polar surface area (TPSA) is 99.4 Å². The molecule has 0 spiro atoms.